The van der Waals surface area contributed by atoms with Crippen LogP contribution < -0.4 is 4.74 Å². The minimum absolute atomic E-state index is 0.0648. The Morgan fingerprint density at radius 2 is 1.33 bits per heavy atom. The highest BCUT2D eigenvalue weighted by atomic mass is 19.3. The number of halogens is 7. The summed E-state index contributed by atoms with van der Waals surface area (Å²) in [5.41, 5.74) is -1.97. The van der Waals surface area contributed by atoms with Gasteiger partial charge in [-0.25, -0.2) is 22.0 Å². The van der Waals surface area contributed by atoms with Crippen LogP contribution in [0.1, 0.15) is 51.0 Å². The van der Waals surface area contributed by atoms with E-state index in [0.29, 0.717) is 24.7 Å². The number of rotatable bonds is 5. The molecular formula is C25H27F7O4. The molecular weight excluding hydrogens is 497 g/mol. The van der Waals surface area contributed by atoms with Crippen molar-refractivity contribution in [1.29, 1.82) is 0 Å². The summed E-state index contributed by atoms with van der Waals surface area (Å²) in [6.07, 6.45) is -4.09. The highest BCUT2D eigenvalue weighted by Gasteiger charge is 2.42. The minimum atomic E-state index is -4.67. The van der Waals surface area contributed by atoms with Crippen LogP contribution in [-0.2, 0) is 20.3 Å². The largest absolute Gasteiger partial charge is 0.432 e. The Kier molecular flexibility index (Phi) is 9.23. The summed E-state index contributed by atoms with van der Waals surface area (Å²) in [7, 11) is 0. The Hall–Kier alpha value is -2.37. The molecule has 4 nitrogen and oxygen atoms in total. The highest BCUT2D eigenvalue weighted by molar-refractivity contribution is 5.32. The van der Waals surface area contributed by atoms with Crippen molar-refractivity contribution in [1.82, 2.24) is 0 Å². The van der Waals surface area contributed by atoms with E-state index in [1.54, 1.807) is 0 Å². The first kappa shape index (κ1) is 28.2. The summed E-state index contributed by atoms with van der Waals surface area (Å²) >= 11 is 0. The summed E-state index contributed by atoms with van der Waals surface area (Å²) in [5, 5.41) is 0. The van der Waals surface area contributed by atoms with E-state index in [1.165, 1.54) is 0 Å². The van der Waals surface area contributed by atoms with Gasteiger partial charge >= 0.3 is 6.11 Å². The lowest BCUT2D eigenvalue weighted by Gasteiger charge is -2.37. The van der Waals surface area contributed by atoms with Gasteiger partial charge in [0.25, 0.3) is 0 Å². The van der Waals surface area contributed by atoms with Crippen molar-refractivity contribution < 1.29 is 49.7 Å². The monoisotopic (exact) mass is 524 g/mol. The molecule has 2 saturated heterocycles. The molecule has 0 saturated carbocycles. The fraction of sp³-hybridized carbons (Fsp3) is 0.520. The molecule has 2 aromatic rings. The smallest absolute Gasteiger partial charge is 0.429 e. The zero-order valence-electron chi connectivity index (χ0n) is 19.9. The zero-order chi connectivity index (χ0) is 26.6. The zero-order valence-corrected chi connectivity index (χ0v) is 19.9. The van der Waals surface area contributed by atoms with Gasteiger partial charge in [-0.1, -0.05) is 20.8 Å². The molecule has 0 spiro atoms. The maximum Gasteiger partial charge on any atom is 0.432 e. The van der Waals surface area contributed by atoms with Gasteiger partial charge in [0, 0.05) is 30.2 Å². The molecule has 4 rings (SSSR count). The van der Waals surface area contributed by atoms with E-state index in [0.717, 1.165) is 12.8 Å². The Morgan fingerprint density at radius 1 is 0.778 bits per heavy atom. The third-order valence-corrected chi connectivity index (χ3v) is 5.82. The molecule has 0 bridgehead atoms. The molecule has 0 aliphatic carbocycles. The van der Waals surface area contributed by atoms with Crippen LogP contribution in [0.25, 0.3) is 0 Å². The number of alkyl halides is 2. The van der Waals surface area contributed by atoms with Crippen LogP contribution >= 0.6 is 0 Å². The van der Waals surface area contributed by atoms with Crippen LogP contribution in [0.2, 0.25) is 0 Å². The van der Waals surface area contributed by atoms with E-state index in [-0.39, 0.29) is 42.9 Å². The molecule has 200 valence electrons. The third-order valence-electron chi connectivity index (χ3n) is 5.82. The predicted molar refractivity (Wildman–Crippen MR) is 115 cm³/mol. The van der Waals surface area contributed by atoms with E-state index in [2.05, 4.69) is 11.7 Å². The van der Waals surface area contributed by atoms with Crippen molar-refractivity contribution in [2.24, 2.45) is 11.8 Å². The summed E-state index contributed by atoms with van der Waals surface area (Å²) in [4.78, 5) is 0. The lowest BCUT2D eigenvalue weighted by molar-refractivity contribution is -0.227. The number of hydrogen-bond acceptors (Lipinski definition) is 4. The molecule has 2 fully saturated rings. The predicted octanol–water partition coefficient (Wildman–Crippen LogP) is 7.01. The van der Waals surface area contributed by atoms with Crippen LogP contribution in [0, 0.1) is 40.9 Å². The van der Waals surface area contributed by atoms with Crippen molar-refractivity contribution in [2.45, 2.75) is 52.1 Å². The molecule has 2 aliphatic rings. The van der Waals surface area contributed by atoms with Gasteiger partial charge in [0.1, 0.15) is 22.9 Å². The molecule has 36 heavy (non-hydrogen) atoms. The van der Waals surface area contributed by atoms with Gasteiger partial charge in [-0.05, 0) is 30.9 Å². The normalized spacial score (nSPS) is 24.6. The highest BCUT2D eigenvalue weighted by Crippen LogP contribution is 2.38. The number of hydrogen-bond donors (Lipinski definition) is 0. The van der Waals surface area contributed by atoms with E-state index in [9.17, 15) is 30.7 Å². The average molecular weight is 524 g/mol. The van der Waals surface area contributed by atoms with Crippen LogP contribution in [0.4, 0.5) is 30.7 Å². The second kappa shape index (κ2) is 11.8. The van der Waals surface area contributed by atoms with Crippen LogP contribution in [-0.4, -0.2) is 25.9 Å². The number of ether oxygens (including phenoxy) is 4. The molecule has 2 heterocycles. The van der Waals surface area contributed by atoms with E-state index in [1.807, 2.05) is 13.8 Å². The Bertz CT molecular complexity index is 987. The van der Waals surface area contributed by atoms with Gasteiger partial charge in [-0.2, -0.15) is 8.78 Å². The van der Waals surface area contributed by atoms with E-state index >= 15 is 0 Å². The van der Waals surface area contributed by atoms with Gasteiger partial charge in [0.05, 0.1) is 19.3 Å². The molecule has 0 radical (unpaired) electrons. The van der Waals surface area contributed by atoms with Gasteiger partial charge < -0.3 is 18.9 Å². The molecule has 2 unspecified atom stereocenters. The summed E-state index contributed by atoms with van der Waals surface area (Å²) < 4.78 is 119. The molecule has 0 N–H and O–H groups in total. The summed E-state index contributed by atoms with van der Waals surface area (Å²) in [5.74, 6) is -9.68. The van der Waals surface area contributed by atoms with Crippen LogP contribution in [0.15, 0.2) is 24.3 Å². The first-order valence-electron chi connectivity index (χ1n) is 11.6. The molecule has 0 aromatic heterocycles. The van der Waals surface area contributed by atoms with Gasteiger partial charge in [0.15, 0.2) is 23.7 Å². The van der Waals surface area contributed by atoms with Crippen LogP contribution in [0.5, 0.6) is 5.75 Å². The Labute approximate surface area is 204 Å². The Balaban J connectivity index is 0.00000176. The van der Waals surface area contributed by atoms with Gasteiger partial charge in [-0.3, -0.25) is 0 Å². The SMILES string of the molecule is CC.CC1CCC(C2COC(c3cc(F)c(C(F)(F)Oc4cc(F)c(F)c(F)c4)c(F)c3)OC2)OC1. The molecule has 0 amide bonds. The first-order valence-corrected chi connectivity index (χ1v) is 11.6. The van der Waals surface area contributed by atoms with Gasteiger partial charge in [0.2, 0.25) is 0 Å². The maximum absolute atomic E-state index is 14.6. The van der Waals surface area contributed by atoms with Crippen molar-refractivity contribution in [3.05, 3.63) is 64.5 Å². The van der Waals surface area contributed by atoms with Crippen molar-refractivity contribution in [2.75, 3.05) is 19.8 Å². The average Bonchev–Trinajstić information content (AvgIpc) is 2.83. The maximum atomic E-state index is 14.6. The van der Waals surface area contributed by atoms with E-state index < -0.39 is 52.8 Å². The molecule has 2 atom stereocenters. The van der Waals surface area contributed by atoms with Crippen LogP contribution in [0.3, 0.4) is 0 Å². The molecule has 2 aromatic carbocycles. The Morgan fingerprint density at radius 3 is 1.83 bits per heavy atom. The fourth-order valence-electron chi connectivity index (χ4n) is 4.00. The van der Waals surface area contributed by atoms with Crippen molar-refractivity contribution in [3.8, 4) is 5.75 Å². The quantitative estimate of drug-likeness (QED) is 0.311. The van der Waals surface area contributed by atoms with Gasteiger partial charge in [-0.15, -0.1) is 0 Å². The standard InChI is InChI=1S/C23H21F7O4.C2H6/c1-11-2-3-19(31-8-11)13-9-32-22(33-10-13)12-4-15(24)20(16(25)5-12)23(29,30)34-14-6-17(26)21(28)18(27)7-14;1-2/h4-7,11,13,19,22H,2-3,8-10H2,1H3;1-2H3. The second-order valence-electron chi connectivity index (χ2n) is 8.49. The molecule has 2 aliphatic heterocycles. The van der Waals surface area contributed by atoms with Crippen molar-refractivity contribution in [3.63, 3.8) is 0 Å². The second-order valence-corrected chi connectivity index (χ2v) is 8.49. The topological polar surface area (TPSA) is 36.9 Å². The van der Waals surface area contributed by atoms with Crippen molar-refractivity contribution >= 4 is 0 Å². The lowest BCUT2D eigenvalue weighted by Crippen LogP contribution is -2.39. The fourth-order valence-corrected chi connectivity index (χ4v) is 4.00. The third kappa shape index (κ3) is 6.30. The minimum Gasteiger partial charge on any atom is -0.429 e. The van der Waals surface area contributed by atoms with E-state index in [4.69, 9.17) is 14.2 Å². The first-order chi connectivity index (χ1) is 17.0. The molecule has 11 heteroatoms. The summed E-state index contributed by atoms with van der Waals surface area (Å²) in [6, 6.07) is 1.47. The summed E-state index contributed by atoms with van der Waals surface area (Å²) in [6.45, 7) is 7.08. The lowest BCUT2D eigenvalue weighted by atomic mass is 9.92. The number of benzene rings is 2.